The molecule has 1 aromatic heterocycles. The first-order chi connectivity index (χ1) is 12.1. The molecule has 5 nitrogen and oxygen atoms in total. The number of aryl methyl sites for hydroxylation is 2. The molecule has 0 bridgehead atoms. The van der Waals surface area contributed by atoms with Crippen molar-refractivity contribution in [2.45, 2.75) is 33.2 Å². The fraction of sp³-hybridized carbons (Fsp3) is 0.474. The van der Waals surface area contributed by atoms with Gasteiger partial charge in [-0.05, 0) is 44.4 Å². The zero-order chi connectivity index (χ0) is 18.1. The smallest absolute Gasteiger partial charge is 0.194 e. The molecule has 0 fully saturated rings. The lowest BCUT2D eigenvalue weighted by Gasteiger charge is -2.21. The van der Waals surface area contributed by atoms with Gasteiger partial charge in [0.1, 0.15) is 5.75 Å². The maximum absolute atomic E-state index is 5.19. The van der Waals surface area contributed by atoms with E-state index in [4.69, 9.17) is 9.73 Å². The molecule has 0 aliphatic carbocycles. The number of hydrogen-bond acceptors (Lipinski definition) is 4. The number of benzene rings is 1. The second-order valence-electron chi connectivity index (χ2n) is 5.90. The Labute approximate surface area is 154 Å². The normalized spacial score (nSPS) is 11.4. The third kappa shape index (κ3) is 6.38. The summed E-state index contributed by atoms with van der Waals surface area (Å²) in [5, 5.41) is 6.57. The van der Waals surface area contributed by atoms with Gasteiger partial charge in [0.05, 0.1) is 24.4 Å². The minimum absolute atomic E-state index is 0.772. The lowest BCUT2D eigenvalue weighted by atomic mass is 10.1. The molecule has 1 aromatic carbocycles. The SMILES string of the molecule is CCNC(=NCCCc1ccc(OC)cc1)N(C)Cc1csc(C)n1. The Balaban J connectivity index is 1.85. The van der Waals surface area contributed by atoms with E-state index in [0.717, 1.165) is 54.9 Å². The first-order valence-corrected chi connectivity index (χ1v) is 9.53. The van der Waals surface area contributed by atoms with E-state index in [1.165, 1.54) is 5.56 Å². The summed E-state index contributed by atoms with van der Waals surface area (Å²) in [6, 6.07) is 8.24. The molecule has 136 valence electrons. The van der Waals surface area contributed by atoms with Gasteiger partial charge in [-0.1, -0.05) is 12.1 Å². The highest BCUT2D eigenvalue weighted by atomic mass is 32.1. The Kier molecular flexibility index (Phi) is 7.73. The van der Waals surface area contributed by atoms with Gasteiger partial charge in [-0.25, -0.2) is 4.98 Å². The average Bonchev–Trinajstić information content (AvgIpc) is 3.02. The minimum Gasteiger partial charge on any atom is -0.497 e. The van der Waals surface area contributed by atoms with E-state index >= 15 is 0 Å². The van der Waals surface area contributed by atoms with E-state index in [1.54, 1.807) is 18.4 Å². The van der Waals surface area contributed by atoms with Crippen molar-refractivity contribution in [3.8, 4) is 5.75 Å². The summed E-state index contributed by atoms with van der Waals surface area (Å²) in [5.74, 6) is 1.83. The minimum atomic E-state index is 0.772. The summed E-state index contributed by atoms with van der Waals surface area (Å²) >= 11 is 1.69. The average molecular weight is 361 g/mol. The number of aromatic nitrogens is 1. The monoisotopic (exact) mass is 360 g/mol. The second-order valence-corrected chi connectivity index (χ2v) is 6.96. The Morgan fingerprint density at radius 1 is 1.32 bits per heavy atom. The van der Waals surface area contributed by atoms with Gasteiger partial charge in [0, 0.05) is 25.5 Å². The maximum Gasteiger partial charge on any atom is 0.194 e. The van der Waals surface area contributed by atoms with Gasteiger partial charge in [0.25, 0.3) is 0 Å². The summed E-state index contributed by atoms with van der Waals surface area (Å²) in [6.07, 6.45) is 2.03. The number of guanidine groups is 1. The van der Waals surface area contributed by atoms with E-state index in [1.807, 2.05) is 19.1 Å². The summed E-state index contributed by atoms with van der Waals surface area (Å²) in [5.41, 5.74) is 2.40. The fourth-order valence-electron chi connectivity index (χ4n) is 2.53. The number of nitrogens with one attached hydrogen (secondary N) is 1. The molecule has 0 saturated carbocycles. The van der Waals surface area contributed by atoms with Crippen LogP contribution in [0.5, 0.6) is 5.75 Å². The van der Waals surface area contributed by atoms with Gasteiger partial charge in [0.2, 0.25) is 0 Å². The van der Waals surface area contributed by atoms with Crippen molar-refractivity contribution in [1.82, 2.24) is 15.2 Å². The topological polar surface area (TPSA) is 49.8 Å². The van der Waals surface area contributed by atoms with Crippen molar-refractivity contribution in [2.75, 3.05) is 27.2 Å². The van der Waals surface area contributed by atoms with E-state index in [2.05, 4.69) is 46.7 Å². The van der Waals surface area contributed by atoms with Crippen LogP contribution in [-0.4, -0.2) is 43.1 Å². The maximum atomic E-state index is 5.19. The molecule has 1 heterocycles. The molecule has 2 aromatic rings. The van der Waals surface area contributed by atoms with Crippen LogP contribution in [0.2, 0.25) is 0 Å². The Bertz CT molecular complexity index is 666. The standard InChI is InChI=1S/C19H28N4OS/c1-5-20-19(23(3)13-17-14-25-15(2)22-17)21-12-6-7-16-8-10-18(24-4)11-9-16/h8-11,14H,5-7,12-13H2,1-4H3,(H,20,21). The molecule has 0 radical (unpaired) electrons. The molecular formula is C19H28N4OS. The Morgan fingerprint density at radius 3 is 2.68 bits per heavy atom. The predicted molar refractivity (Wildman–Crippen MR) is 106 cm³/mol. The third-order valence-corrected chi connectivity index (χ3v) is 4.63. The fourth-order valence-corrected chi connectivity index (χ4v) is 3.13. The third-order valence-electron chi connectivity index (χ3n) is 3.81. The van der Waals surface area contributed by atoms with Gasteiger partial charge < -0.3 is 15.0 Å². The van der Waals surface area contributed by atoms with Crippen LogP contribution in [0.1, 0.15) is 29.6 Å². The number of thiazole rings is 1. The molecule has 0 unspecified atom stereocenters. The molecule has 0 aliphatic heterocycles. The molecule has 0 aliphatic rings. The molecule has 0 saturated heterocycles. The van der Waals surface area contributed by atoms with E-state index in [0.29, 0.717) is 0 Å². The highest BCUT2D eigenvalue weighted by Crippen LogP contribution is 2.13. The number of aliphatic imine (C=N–C) groups is 1. The van der Waals surface area contributed by atoms with Crippen molar-refractivity contribution < 1.29 is 4.74 Å². The molecule has 25 heavy (non-hydrogen) atoms. The second kappa shape index (κ2) is 10.0. The van der Waals surface area contributed by atoms with Crippen molar-refractivity contribution >= 4 is 17.3 Å². The van der Waals surface area contributed by atoms with Crippen LogP contribution in [0, 0.1) is 6.92 Å². The Hall–Kier alpha value is -2.08. The molecule has 0 amide bonds. The molecular weight excluding hydrogens is 332 g/mol. The van der Waals surface area contributed by atoms with Gasteiger partial charge in [-0.15, -0.1) is 11.3 Å². The van der Waals surface area contributed by atoms with Crippen molar-refractivity contribution in [3.63, 3.8) is 0 Å². The largest absolute Gasteiger partial charge is 0.497 e. The van der Waals surface area contributed by atoms with E-state index in [9.17, 15) is 0 Å². The number of hydrogen-bond donors (Lipinski definition) is 1. The van der Waals surface area contributed by atoms with Crippen molar-refractivity contribution in [3.05, 3.63) is 45.9 Å². The summed E-state index contributed by atoms with van der Waals surface area (Å²) in [6.45, 7) is 6.56. The van der Waals surface area contributed by atoms with Gasteiger partial charge in [0.15, 0.2) is 5.96 Å². The van der Waals surface area contributed by atoms with Crippen molar-refractivity contribution in [1.29, 1.82) is 0 Å². The lowest BCUT2D eigenvalue weighted by molar-refractivity contribution is 0.414. The predicted octanol–water partition coefficient (Wildman–Crippen LogP) is 3.49. The Morgan fingerprint density at radius 2 is 2.08 bits per heavy atom. The summed E-state index contributed by atoms with van der Waals surface area (Å²) < 4.78 is 5.19. The van der Waals surface area contributed by atoms with E-state index < -0.39 is 0 Å². The van der Waals surface area contributed by atoms with E-state index in [-0.39, 0.29) is 0 Å². The molecule has 0 spiro atoms. The van der Waals surface area contributed by atoms with Crippen LogP contribution in [0.3, 0.4) is 0 Å². The highest BCUT2D eigenvalue weighted by Gasteiger charge is 2.08. The number of methoxy groups -OCH3 is 1. The molecule has 2 rings (SSSR count). The molecule has 1 N–H and O–H groups in total. The van der Waals surface area contributed by atoms with Crippen LogP contribution < -0.4 is 10.1 Å². The van der Waals surface area contributed by atoms with Gasteiger partial charge in [-0.2, -0.15) is 0 Å². The van der Waals surface area contributed by atoms with Crippen LogP contribution in [-0.2, 0) is 13.0 Å². The molecule has 6 heteroatoms. The van der Waals surface area contributed by atoms with Crippen LogP contribution >= 0.6 is 11.3 Å². The van der Waals surface area contributed by atoms with Gasteiger partial charge in [-0.3, -0.25) is 4.99 Å². The number of ether oxygens (including phenoxy) is 1. The summed E-state index contributed by atoms with van der Waals surface area (Å²) in [4.78, 5) is 11.4. The van der Waals surface area contributed by atoms with Gasteiger partial charge >= 0.3 is 0 Å². The first-order valence-electron chi connectivity index (χ1n) is 8.65. The zero-order valence-corrected chi connectivity index (χ0v) is 16.4. The zero-order valence-electron chi connectivity index (χ0n) is 15.6. The number of rotatable bonds is 8. The van der Waals surface area contributed by atoms with Crippen LogP contribution in [0.4, 0.5) is 0 Å². The molecule has 0 atom stereocenters. The quantitative estimate of drug-likeness (QED) is 0.445. The highest BCUT2D eigenvalue weighted by molar-refractivity contribution is 7.09. The summed E-state index contributed by atoms with van der Waals surface area (Å²) in [7, 11) is 3.75. The lowest BCUT2D eigenvalue weighted by Crippen LogP contribution is -2.38. The first kappa shape index (κ1) is 19.2. The number of nitrogens with zero attached hydrogens (tertiary/aromatic N) is 3. The van der Waals surface area contributed by atoms with Crippen molar-refractivity contribution in [2.24, 2.45) is 4.99 Å². The van der Waals surface area contributed by atoms with Crippen LogP contribution in [0.25, 0.3) is 0 Å². The van der Waals surface area contributed by atoms with Crippen LogP contribution in [0.15, 0.2) is 34.6 Å².